The fraction of sp³-hybridized carbons (Fsp3) is 0.308. The lowest BCUT2D eigenvalue weighted by atomic mass is 10.1. The summed E-state index contributed by atoms with van der Waals surface area (Å²) in [5.74, 6) is 0. The van der Waals surface area contributed by atoms with Gasteiger partial charge >= 0.3 is 0 Å². The average Bonchev–Trinajstić information content (AvgIpc) is 2.39. The summed E-state index contributed by atoms with van der Waals surface area (Å²) in [5.41, 5.74) is 5.45. The van der Waals surface area contributed by atoms with E-state index in [-0.39, 0.29) is 0 Å². The quantitative estimate of drug-likeness (QED) is 0.650. The lowest BCUT2D eigenvalue weighted by molar-refractivity contribution is 0.112. The molecule has 2 nitrogen and oxygen atoms in total. The van der Waals surface area contributed by atoms with Crippen molar-refractivity contribution in [2.75, 3.05) is 0 Å². The van der Waals surface area contributed by atoms with Crippen LogP contribution in [0.2, 0.25) is 0 Å². The first-order valence-corrected chi connectivity index (χ1v) is 5.07. The Kier molecular flexibility index (Phi) is 2.14. The van der Waals surface area contributed by atoms with Crippen LogP contribution in [0.1, 0.15) is 27.2 Å². The molecule has 0 atom stereocenters. The van der Waals surface area contributed by atoms with Crippen LogP contribution < -0.4 is 0 Å². The number of hydrogen-bond acceptors (Lipinski definition) is 1. The summed E-state index contributed by atoms with van der Waals surface area (Å²) < 4.78 is 2.09. The van der Waals surface area contributed by atoms with Crippen LogP contribution in [0.25, 0.3) is 10.9 Å². The van der Waals surface area contributed by atoms with E-state index in [1.165, 1.54) is 16.6 Å². The lowest BCUT2D eigenvalue weighted by Crippen LogP contribution is -1.92. The van der Waals surface area contributed by atoms with Crippen molar-refractivity contribution < 1.29 is 4.79 Å². The van der Waals surface area contributed by atoms with Crippen molar-refractivity contribution in [3.63, 3.8) is 0 Å². The molecular formula is C13H15NO. The number of hydrogen-bond donors (Lipinski definition) is 0. The van der Waals surface area contributed by atoms with E-state index in [9.17, 15) is 4.79 Å². The van der Waals surface area contributed by atoms with E-state index < -0.39 is 0 Å². The second-order valence-corrected chi connectivity index (χ2v) is 4.15. The highest BCUT2D eigenvalue weighted by Gasteiger charge is 2.12. The maximum Gasteiger partial charge on any atom is 0.152 e. The van der Waals surface area contributed by atoms with Gasteiger partial charge in [0, 0.05) is 23.7 Å². The Morgan fingerprint density at radius 1 is 1.20 bits per heavy atom. The number of benzene rings is 1. The Bertz CT molecular complexity index is 549. The Hall–Kier alpha value is -1.57. The summed E-state index contributed by atoms with van der Waals surface area (Å²) >= 11 is 0. The van der Waals surface area contributed by atoms with E-state index in [1.807, 2.05) is 14.0 Å². The summed E-state index contributed by atoms with van der Waals surface area (Å²) in [6.45, 7) is 6.13. The molecule has 1 heterocycles. The monoisotopic (exact) mass is 201 g/mol. The third-order valence-electron chi connectivity index (χ3n) is 3.08. The van der Waals surface area contributed by atoms with Crippen molar-refractivity contribution >= 4 is 17.2 Å². The zero-order chi connectivity index (χ0) is 11.2. The van der Waals surface area contributed by atoms with E-state index in [4.69, 9.17) is 0 Å². The molecule has 2 rings (SSSR count). The fourth-order valence-electron chi connectivity index (χ4n) is 2.30. The van der Waals surface area contributed by atoms with E-state index >= 15 is 0 Å². The number of nitrogens with zero attached hydrogens (tertiary/aromatic N) is 1. The third kappa shape index (κ3) is 1.29. The minimum Gasteiger partial charge on any atom is -0.347 e. The summed E-state index contributed by atoms with van der Waals surface area (Å²) in [6, 6.07) is 4.23. The highest BCUT2D eigenvalue weighted by molar-refractivity contribution is 6.00. The minimum absolute atomic E-state index is 0.819. The van der Waals surface area contributed by atoms with Crippen LogP contribution >= 0.6 is 0 Å². The first kappa shape index (κ1) is 9.97. The molecule has 0 unspecified atom stereocenters. The summed E-state index contributed by atoms with van der Waals surface area (Å²) in [5, 5.41) is 1.07. The Labute approximate surface area is 89.5 Å². The van der Waals surface area contributed by atoms with Gasteiger partial charge in [0.2, 0.25) is 0 Å². The normalized spacial score (nSPS) is 10.9. The number of aldehydes is 1. The molecule has 0 aliphatic rings. The molecule has 1 aromatic carbocycles. The summed E-state index contributed by atoms with van der Waals surface area (Å²) in [6.07, 6.45) is 0.955. The molecule has 2 aromatic rings. The molecule has 0 saturated heterocycles. The van der Waals surface area contributed by atoms with Gasteiger partial charge in [-0.25, -0.2) is 0 Å². The first-order valence-electron chi connectivity index (χ1n) is 5.07. The SMILES string of the molecule is Cc1cc(C)c2c(c1)c(C=O)c(C)n2C. The Balaban J connectivity index is 3.03. The molecule has 0 aliphatic heterocycles. The van der Waals surface area contributed by atoms with Gasteiger partial charge in [0.05, 0.1) is 5.52 Å². The standard InChI is InChI=1S/C13H15NO/c1-8-5-9(2)13-11(6-8)12(7-15)10(3)14(13)4/h5-7H,1-4H3. The second-order valence-electron chi connectivity index (χ2n) is 4.15. The molecular weight excluding hydrogens is 186 g/mol. The minimum atomic E-state index is 0.819. The highest BCUT2D eigenvalue weighted by Crippen LogP contribution is 2.27. The van der Waals surface area contributed by atoms with Gasteiger partial charge in [-0.3, -0.25) is 4.79 Å². The third-order valence-corrected chi connectivity index (χ3v) is 3.08. The van der Waals surface area contributed by atoms with Crippen LogP contribution in [0.3, 0.4) is 0 Å². The molecule has 0 saturated carbocycles. The van der Waals surface area contributed by atoms with Crippen molar-refractivity contribution in [2.45, 2.75) is 20.8 Å². The van der Waals surface area contributed by atoms with Crippen molar-refractivity contribution in [3.8, 4) is 0 Å². The zero-order valence-corrected chi connectivity index (χ0v) is 9.59. The molecule has 0 spiro atoms. The van der Waals surface area contributed by atoms with E-state index in [2.05, 4.69) is 30.5 Å². The summed E-state index contributed by atoms with van der Waals surface area (Å²) in [4.78, 5) is 11.1. The first-order chi connectivity index (χ1) is 7.06. The molecule has 15 heavy (non-hydrogen) atoms. The Morgan fingerprint density at radius 3 is 2.47 bits per heavy atom. The topological polar surface area (TPSA) is 22.0 Å². The molecule has 78 valence electrons. The van der Waals surface area contributed by atoms with Crippen molar-refractivity contribution in [1.29, 1.82) is 0 Å². The smallest absolute Gasteiger partial charge is 0.152 e. The Morgan fingerprint density at radius 2 is 1.87 bits per heavy atom. The second kappa shape index (κ2) is 3.23. The molecule has 1 aromatic heterocycles. The van der Waals surface area contributed by atoms with Crippen LogP contribution in [-0.4, -0.2) is 10.9 Å². The highest BCUT2D eigenvalue weighted by atomic mass is 16.1. The molecule has 0 N–H and O–H groups in total. The van der Waals surface area contributed by atoms with Crippen molar-refractivity contribution in [1.82, 2.24) is 4.57 Å². The van der Waals surface area contributed by atoms with Crippen molar-refractivity contribution in [2.24, 2.45) is 7.05 Å². The number of rotatable bonds is 1. The molecule has 0 fully saturated rings. The maximum atomic E-state index is 11.1. The van der Waals surface area contributed by atoms with Crippen LogP contribution in [-0.2, 0) is 7.05 Å². The van der Waals surface area contributed by atoms with Crippen LogP contribution in [0.15, 0.2) is 12.1 Å². The van der Waals surface area contributed by atoms with Gasteiger partial charge in [-0.15, -0.1) is 0 Å². The van der Waals surface area contributed by atoms with Gasteiger partial charge < -0.3 is 4.57 Å². The van der Waals surface area contributed by atoms with Crippen LogP contribution in [0, 0.1) is 20.8 Å². The average molecular weight is 201 g/mol. The number of aryl methyl sites for hydroxylation is 3. The number of aromatic nitrogens is 1. The maximum absolute atomic E-state index is 11.1. The van der Waals surface area contributed by atoms with E-state index in [0.29, 0.717) is 0 Å². The molecule has 0 bridgehead atoms. The largest absolute Gasteiger partial charge is 0.347 e. The number of fused-ring (bicyclic) bond motifs is 1. The number of carbonyl (C=O) groups excluding carboxylic acids is 1. The van der Waals surface area contributed by atoms with Gasteiger partial charge in [0.15, 0.2) is 6.29 Å². The molecule has 0 amide bonds. The summed E-state index contributed by atoms with van der Waals surface area (Å²) in [7, 11) is 2.01. The predicted octanol–water partition coefficient (Wildman–Crippen LogP) is 2.92. The van der Waals surface area contributed by atoms with E-state index in [0.717, 1.165) is 22.9 Å². The molecule has 2 heteroatoms. The van der Waals surface area contributed by atoms with Gasteiger partial charge in [-0.05, 0) is 32.4 Å². The molecule has 0 radical (unpaired) electrons. The molecule has 0 aliphatic carbocycles. The van der Waals surface area contributed by atoms with Gasteiger partial charge in [-0.1, -0.05) is 11.6 Å². The van der Waals surface area contributed by atoms with E-state index in [1.54, 1.807) is 0 Å². The van der Waals surface area contributed by atoms with Crippen LogP contribution in [0.5, 0.6) is 0 Å². The number of carbonyl (C=O) groups is 1. The van der Waals surface area contributed by atoms with Crippen molar-refractivity contribution in [3.05, 3.63) is 34.5 Å². The lowest BCUT2D eigenvalue weighted by Gasteiger charge is -2.03. The predicted molar refractivity (Wildman–Crippen MR) is 62.5 cm³/mol. The zero-order valence-electron chi connectivity index (χ0n) is 9.59. The van der Waals surface area contributed by atoms with Gasteiger partial charge in [0.1, 0.15) is 0 Å². The van der Waals surface area contributed by atoms with Gasteiger partial charge in [0.25, 0.3) is 0 Å². The van der Waals surface area contributed by atoms with Gasteiger partial charge in [-0.2, -0.15) is 0 Å². The fourth-order valence-corrected chi connectivity index (χ4v) is 2.30. The van der Waals surface area contributed by atoms with Crippen LogP contribution in [0.4, 0.5) is 0 Å².